The fourth-order valence-corrected chi connectivity index (χ4v) is 4.72. The Balaban J connectivity index is 1.30. The normalized spacial score (nSPS) is 27.5. The zero-order chi connectivity index (χ0) is 17.1. The average molecular weight is 346 g/mol. The molecule has 1 atom stereocenters. The lowest BCUT2D eigenvalue weighted by Gasteiger charge is -2.41. The topological polar surface area (TPSA) is 61.5 Å². The van der Waals surface area contributed by atoms with Crippen molar-refractivity contribution in [3.8, 4) is 0 Å². The Morgan fingerprint density at radius 1 is 1.12 bits per heavy atom. The molecule has 3 fully saturated rings. The minimum absolute atomic E-state index is 0.191. The van der Waals surface area contributed by atoms with Crippen LogP contribution in [0.3, 0.4) is 0 Å². The Labute approximate surface area is 149 Å². The Morgan fingerprint density at radius 3 is 2.64 bits per heavy atom. The third kappa shape index (κ3) is 3.90. The van der Waals surface area contributed by atoms with E-state index in [0.29, 0.717) is 17.9 Å². The van der Waals surface area contributed by atoms with Gasteiger partial charge in [-0.3, -0.25) is 9.69 Å². The summed E-state index contributed by atoms with van der Waals surface area (Å²) in [6.45, 7) is 5.59. The number of aromatic nitrogens is 2. The number of carbonyl (C=O) groups excluding carboxylic acids is 1. The van der Waals surface area contributed by atoms with Crippen LogP contribution in [0.1, 0.15) is 50.3 Å². The second kappa shape index (κ2) is 7.87. The lowest BCUT2D eigenvalue weighted by atomic mass is 9.91. The molecular weight excluding hydrogens is 316 g/mol. The fraction of sp³-hybridized carbons (Fsp3) is 0.789. The molecule has 0 radical (unpaired) electrons. The van der Waals surface area contributed by atoms with Crippen molar-refractivity contribution in [1.29, 1.82) is 0 Å². The molecule has 3 aliphatic rings. The maximum atomic E-state index is 13.0. The molecule has 1 N–H and O–H groups in total. The van der Waals surface area contributed by atoms with Gasteiger partial charge in [0.2, 0.25) is 5.91 Å². The summed E-state index contributed by atoms with van der Waals surface area (Å²) in [7, 11) is 0. The molecule has 0 aromatic carbocycles. The first-order chi connectivity index (χ1) is 12.3. The molecule has 0 aliphatic carbocycles. The van der Waals surface area contributed by atoms with E-state index in [4.69, 9.17) is 4.74 Å². The number of likely N-dealkylation sites (tertiary alicyclic amines) is 2. The van der Waals surface area contributed by atoms with Gasteiger partial charge in [0.15, 0.2) is 0 Å². The number of imidazole rings is 1. The first kappa shape index (κ1) is 17.0. The van der Waals surface area contributed by atoms with Crippen molar-refractivity contribution >= 4 is 5.91 Å². The van der Waals surface area contributed by atoms with Crippen molar-refractivity contribution < 1.29 is 9.53 Å². The van der Waals surface area contributed by atoms with Gasteiger partial charge in [-0.1, -0.05) is 0 Å². The van der Waals surface area contributed by atoms with Gasteiger partial charge in [-0.2, -0.15) is 0 Å². The van der Waals surface area contributed by atoms with Gasteiger partial charge < -0.3 is 14.6 Å². The predicted octanol–water partition coefficient (Wildman–Crippen LogP) is 2.01. The summed E-state index contributed by atoms with van der Waals surface area (Å²) in [5, 5.41) is 0. The van der Waals surface area contributed by atoms with Gasteiger partial charge in [0.1, 0.15) is 5.82 Å². The average Bonchev–Trinajstić information content (AvgIpc) is 3.23. The number of hydrogen-bond acceptors (Lipinski definition) is 4. The predicted molar refractivity (Wildman–Crippen MR) is 95.3 cm³/mol. The molecule has 25 heavy (non-hydrogen) atoms. The van der Waals surface area contributed by atoms with Crippen LogP contribution in [0.2, 0.25) is 0 Å². The maximum absolute atomic E-state index is 13.0. The monoisotopic (exact) mass is 346 g/mol. The van der Waals surface area contributed by atoms with Crippen molar-refractivity contribution in [3.63, 3.8) is 0 Å². The van der Waals surface area contributed by atoms with Crippen LogP contribution in [0.25, 0.3) is 0 Å². The van der Waals surface area contributed by atoms with Crippen LogP contribution in [0.4, 0.5) is 0 Å². The molecule has 0 bridgehead atoms. The Hall–Kier alpha value is -1.40. The minimum Gasteiger partial charge on any atom is -0.381 e. The quantitative estimate of drug-likeness (QED) is 0.909. The molecule has 4 rings (SSSR count). The van der Waals surface area contributed by atoms with E-state index in [1.165, 1.54) is 0 Å². The van der Waals surface area contributed by atoms with Crippen LogP contribution in [0.15, 0.2) is 12.4 Å². The van der Waals surface area contributed by atoms with Gasteiger partial charge in [-0.25, -0.2) is 4.98 Å². The summed E-state index contributed by atoms with van der Waals surface area (Å²) < 4.78 is 5.49. The Kier molecular flexibility index (Phi) is 5.36. The molecule has 0 unspecified atom stereocenters. The highest BCUT2D eigenvalue weighted by molar-refractivity contribution is 5.79. The summed E-state index contributed by atoms with van der Waals surface area (Å²) in [5.41, 5.74) is 0. The maximum Gasteiger partial charge on any atom is 0.226 e. The van der Waals surface area contributed by atoms with E-state index >= 15 is 0 Å². The minimum atomic E-state index is 0.191. The van der Waals surface area contributed by atoms with Crippen LogP contribution >= 0.6 is 0 Å². The number of rotatable bonds is 3. The molecule has 4 heterocycles. The van der Waals surface area contributed by atoms with Crippen molar-refractivity contribution in [2.24, 2.45) is 5.92 Å². The highest BCUT2D eigenvalue weighted by Crippen LogP contribution is 2.29. The molecule has 1 aromatic heterocycles. The van der Waals surface area contributed by atoms with Gasteiger partial charge in [0, 0.05) is 57.2 Å². The lowest BCUT2D eigenvalue weighted by molar-refractivity contribution is -0.139. The number of H-pyrrole nitrogens is 1. The molecule has 0 saturated carbocycles. The standard InChI is InChI=1S/C19H30N4O2/c24-19(22-10-3-15(4-11-22)18-20-7-8-21-18)16-2-1-9-23(14-16)17-5-12-25-13-6-17/h7-8,15-17H,1-6,9-14H2,(H,20,21)/t16-/m0/s1. The van der Waals surface area contributed by atoms with E-state index in [9.17, 15) is 4.79 Å². The number of piperidine rings is 2. The number of amides is 1. The summed E-state index contributed by atoms with van der Waals surface area (Å²) in [6.07, 6.45) is 10.2. The van der Waals surface area contributed by atoms with E-state index in [1.807, 2.05) is 12.4 Å². The first-order valence-corrected chi connectivity index (χ1v) is 9.91. The molecule has 3 saturated heterocycles. The largest absolute Gasteiger partial charge is 0.381 e. The van der Waals surface area contributed by atoms with Gasteiger partial charge >= 0.3 is 0 Å². The number of ether oxygens (including phenoxy) is 1. The summed E-state index contributed by atoms with van der Waals surface area (Å²) >= 11 is 0. The number of nitrogens with one attached hydrogen (secondary N) is 1. The van der Waals surface area contributed by atoms with Gasteiger partial charge in [-0.15, -0.1) is 0 Å². The smallest absolute Gasteiger partial charge is 0.226 e. The molecule has 0 spiro atoms. The molecular formula is C19H30N4O2. The SMILES string of the molecule is O=C([C@H]1CCCN(C2CCOCC2)C1)N1CCC(c2ncc[nH]2)CC1. The molecule has 6 nitrogen and oxygen atoms in total. The third-order valence-corrected chi connectivity index (χ3v) is 6.22. The van der Waals surface area contributed by atoms with E-state index in [-0.39, 0.29) is 5.92 Å². The van der Waals surface area contributed by atoms with Gasteiger partial charge in [0.05, 0.1) is 5.92 Å². The van der Waals surface area contributed by atoms with Crippen LogP contribution in [0, 0.1) is 5.92 Å². The summed E-state index contributed by atoms with van der Waals surface area (Å²) in [6, 6.07) is 0.619. The van der Waals surface area contributed by atoms with E-state index in [2.05, 4.69) is 19.8 Å². The van der Waals surface area contributed by atoms with Crippen molar-refractivity contribution in [3.05, 3.63) is 18.2 Å². The van der Waals surface area contributed by atoms with E-state index in [1.54, 1.807) is 0 Å². The molecule has 1 amide bonds. The zero-order valence-corrected chi connectivity index (χ0v) is 15.0. The lowest BCUT2D eigenvalue weighted by Crippen LogP contribution is -2.50. The number of nitrogens with zero attached hydrogens (tertiary/aromatic N) is 3. The number of aromatic amines is 1. The number of carbonyl (C=O) groups is 1. The van der Waals surface area contributed by atoms with Crippen molar-refractivity contribution in [2.45, 2.75) is 50.5 Å². The second-order valence-electron chi connectivity index (χ2n) is 7.75. The van der Waals surface area contributed by atoms with Crippen LogP contribution < -0.4 is 0 Å². The Morgan fingerprint density at radius 2 is 1.92 bits per heavy atom. The molecule has 6 heteroatoms. The number of hydrogen-bond donors (Lipinski definition) is 1. The highest BCUT2D eigenvalue weighted by atomic mass is 16.5. The van der Waals surface area contributed by atoms with Crippen LogP contribution in [-0.4, -0.2) is 71.1 Å². The summed E-state index contributed by atoms with van der Waals surface area (Å²) in [5.74, 6) is 2.13. The zero-order valence-electron chi connectivity index (χ0n) is 15.0. The summed E-state index contributed by atoms with van der Waals surface area (Å²) in [4.78, 5) is 25.3. The van der Waals surface area contributed by atoms with Crippen molar-refractivity contribution in [1.82, 2.24) is 19.8 Å². The molecule has 3 aliphatic heterocycles. The van der Waals surface area contributed by atoms with Gasteiger partial charge in [0.25, 0.3) is 0 Å². The molecule has 138 valence electrons. The Bertz CT molecular complexity index is 548. The van der Waals surface area contributed by atoms with Crippen LogP contribution in [-0.2, 0) is 9.53 Å². The van der Waals surface area contributed by atoms with Gasteiger partial charge in [-0.05, 0) is 45.1 Å². The van der Waals surface area contributed by atoms with Crippen molar-refractivity contribution in [2.75, 3.05) is 39.4 Å². The molecule has 1 aromatic rings. The van der Waals surface area contributed by atoms with E-state index in [0.717, 1.165) is 83.7 Å². The fourth-order valence-electron chi connectivity index (χ4n) is 4.72. The second-order valence-corrected chi connectivity index (χ2v) is 7.75. The van der Waals surface area contributed by atoms with Crippen LogP contribution in [0.5, 0.6) is 0 Å². The van der Waals surface area contributed by atoms with E-state index < -0.39 is 0 Å². The first-order valence-electron chi connectivity index (χ1n) is 9.91. The highest BCUT2D eigenvalue weighted by Gasteiger charge is 2.34. The third-order valence-electron chi connectivity index (χ3n) is 6.22.